The summed E-state index contributed by atoms with van der Waals surface area (Å²) in [6.45, 7) is 7.02. The summed E-state index contributed by atoms with van der Waals surface area (Å²) in [6, 6.07) is 14.5. The van der Waals surface area contributed by atoms with Crippen molar-refractivity contribution < 1.29 is 45.9 Å². The van der Waals surface area contributed by atoms with Crippen molar-refractivity contribution in [3.05, 3.63) is 81.2 Å². The summed E-state index contributed by atoms with van der Waals surface area (Å²) >= 11 is 14.4. The fourth-order valence-electron chi connectivity index (χ4n) is 3.03. The first kappa shape index (κ1) is 47.8. The van der Waals surface area contributed by atoms with Crippen LogP contribution in [0.5, 0.6) is 0 Å². The van der Waals surface area contributed by atoms with Gasteiger partial charge >= 0.3 is 29.0 Å². The molecule has 232 valence electrons. The molecule has 0 saturated heterocycles. The van der Waals surface area contributed by atoms with Crippen molar-refractivity contribution in [3.63, 3.8) is 0 Å². The fraction of sp³-hybridized carbons (Fsp3) is 0.452. The molecular weight excluding hydrogens is 723 g/mol. The minimum atomic E-state index is -0.716. The number of ether oxygens (including phenoxy) is 2. The normalized spacial score (nSPS) is 9.45. The molecule has 0 saturated carbocycles. The number of allylic oxidation sites excluding steroid dienone is 1. The van der Waals surface area contributed by atoms with Gasteiger partial charge in [-0.3, -0.25) is 14.4 Å². The van der Waals surface area contributed by atoms with Crippen LogP contribution in [-0.2, 0) is 19.7 Å². The Bertz CT molecular complexity index is 1070. The largest absolute Gasteiger partial charge is 2.00 e. The molecule has 0 bridgehead atoms. The third-order valence-corrected chi connectivity index (χ3v) is 6.52. The molecule has 0 fully saturated rings. The summed E-state index contributed by atoms with van der Waals surface area (Å²) in [5.41, 5.74) is 2.20. The summed E-state index contributed by atoms with van der Waals surface area (Å²) in [4.78, 5) is 34.9. The van der Waals surface area contributed by atoms with Gasteiger partial charge in [0.1, 0.15) is 0 Å². The molecule has 2 rings (SSSR count). The number of esters is 1. The zero-order chi connectivity index (χ0) is 30.0. The van der Waals surface area contributed by atoms with E-state index >= 15 is 0 Å². The van der Waals surface area contributed by atoms with Crippen LogP contribution in [0.4, 0.5) is 0 Å². The quantitative estimate of drug-likeness (QED) is 0.110. The molecule has 0 amide bonds. The van der Waals surface area contributed by atoms with Crippen LogP contribution in [0.1, 0.15) is 87.1 Å². The molecule has 2 aromatic carbocycles. The van der Waals surface area contributed by atoms with Crippen molar-refractivity contribution >= 4 is 79.7 Å². The molecule has 0 N–H and O–H groups in total. The molecule has 0 aliphatic heterocycles. The van der Waals surface area contributed by atoms with E-state index in [0.29, 0.717) is 42.2 Å². The van der Waals surface area contributed by atoms with Crippen molar-refractivity contribution in [3.8, 4) is 0 Å². The van der Waals surface area contributed by atoms with Gasteiger partial charge in [-0.15, -0.1) is 23.2 Å². The van der Waals surface area contributed by atoms with Crippen molar-refractivity contribution in [2.24, 2.45) is 0 Å². The number of Topliss-reactive ketones (excluding diaryl/α,β-unsaturated/α-hetero) is 2. The van der Waals surface area contributed by atoms with Gasteiger partial charge in [-0.05, 0) is 65.3 Å². The molecule has 0 aliphatic rings. The van der Waals surface area contributed by atoms with E-state index in [1.165, 1.54) is 14.2 Å². The predicted octanol–water partition coefficient (Wildman–Crippen LogP) is 4.49. The van der Waals surface area contributed by atoms with Crippen LogP contribution in [0.3, 0.4) is 0 Å². The fourth-order valence-corrected chi connectivity index (χ4v) is 3.56. The first-order valence-corrected chi connectivity index (χ1v) is 14.2. The van der Waals surface area contributed by atoms with Gasteiger partial charge in [0, 0.05) is 46.1 Å². The molecular formula is C31H42Br2Cl2MgO6. The molecule has 0 aromatic heterocycles. The Hall–Kier alpha value is -1.10. The second kappa shape index (κ2) is 26.3. The van der Waals surface area contributed by atoms with Gasteiger partial charge in [-0.2, -0.15) is 0 Å². The molecule has 0 radical (unpaired) electrons. The number of hydrogen-bond donors (Lipinski definition) is 0. The number of hydrogen-bond acceptors (Lipinski definition) is 6. The number of methoxy groups -OCH3 is 2. The number of carbonyl (C=O) groups is 3. The van der Waals surface area contributed by atoms with E-state index in [1.54, 1.807) is 52.0 Å². The molecule has 0 aliphatic carbocycles. The molecule has 11 heteroatoms. The average molecular weight is 766 g/mol. The second-order valence-electron chi connectivity index (χ2n) is 9.12. The smallest absolute Gasteiger partial charge is 1.00 e. The summed E-state index contributed by atoms with van der Waals surface area (Å²) < 4.78 is 10.1. The second-order valence-corrected chi connectivity index (χ2v) is 10.8. The minimum absolute atomic E-state index is 0. The summed E-state index contributed by atoms with van der Waals surface area (Å²) in [5, 5.41) is 10.3. The predicted molar refractivity (Wildman–Crippen MR) is 172 cm³/mol. The van der Waals surface area contributed by atoms with E-state index in [2.05, 4.69) is 20.7 Å². The standard InChI is InChI=1S/C15H19ClO3.C10H10BrClO.C5H10O2.CH4.BrH.Mg/c1-15(2,14(18)19-3)12-8-6-11(7-9-12)13(17)5-4-10-16;11-9-5-3-8(4-6-9)10(13)2-1-7-12;1-4(2)5(6)7-3;;;/h6-9H,4-5,10H2,1-3H3;3-6H,1-2,7H2;6H,1-3H3;1H4;1H;/q;;;;;+2/p-2. The zero-order valence-electron chi connectivity index (χ0n) is 24.5. The van der Waals surface area contributed by atoms with E-state index < -0.39 is 5.41 Å². The first-order valence-electron chi connectivity index (χ1n) is 12.4. The van der Waals surface area contributed by atoms with E-state index in [1.807, 2.05) is 24.3 Å². The number of ketones is 2. The van der Waals surface area contributed by atoms with Gasteiger partial charge in [0.15, 0.2) is 11.6 Å². The molecule has 0 heterocycles. The summed E-state index contributed by atoms with van der Waals surface area (Å²) in [5.74, 6) is 0.728. The van der Waals surface area contributed by atoms with E-state index in [9.17, 15) is 19.5 Å². The monoisotopic (exact) mass is 762 g/mol. The van der Waals surface area contributed by atoms with Crippen LogP contribution < -0.4 is 22.1 Å². The maximum atomic E-state index is 11.8. The van der Waals surface area contributed by atoms with Crippen LogP contribution >= 0.6 is 39.1 Å². The van der Waals surface area contributed by atoms with Gasteiger partial charge in [0.05, 0.1) is 12.5 Å². The third-order valence-electron chi connectivity index (χ3n) is 5.46. The van der Waals surface area contributed by atoms with E-state index in [4.69, 9.17) is 27.9 Å². The SMILES string of the molecule is C.COC(=O)C(C)(C)c1ccc(C(=O)CCCCl)cc1.COC([O-])=C(C)C.O=C(CCCCl)c1ccc(Br)cc1.[Br-].[Mg+2]. The molecule has 2 aromatic rings. The maximum absolute atomic E-state index is 11.8. The number of rotatable bonds is 11. The van der Waals surface area contributed by atoms with Crippen molar-refractivity contribution in [1.29, 1.82) is 0 Å². The summed E-state index contributed by atoms with van der Waals surface area (Å²) in [6.07, 6.45) is 2.40. The molecule has 0 spiro atoms. The van der Waals surface area contributed by atoms with Crippen molar-refractivity contribution in [2.75, 3.05) is 26.0 Å². The topological polar surface area (TPSA) is 92.7 Å². The molecule has 0 atom stereocenters. The van der Waals surface area contributed by atoms with E-state index in [-0.39, 0.29) is 70.9 Å². The van der Waals surface area contributed by atoms with Gasteiger partial charge in [-0.25, -0.2) is 0 Å². The van der Waals surface area contributed by atoms with Crippen LogP contribution in [0.15, 0.2) is 64.5 Å². The first-order chi connectivity index (χ1) is 18.3. The number of benzene rings is 2. The zero-order valence-corrected chi connectivity index (χ0v) is 30.6. The van der Waals surface area contributed by atoms with Crippen LogP contribution in [0, 0.1) is 0 Å². The van der Waals surface area contributed by atoms with Crippen LogP contribution in [0.2, 0.25) is 0 Å². The number of alkyl halides is 2. The molecule has 0 unspecified atom stereocenters. The maximum Gasteiger partial charge on any atom is 2.00 e. The molecule has 42 heavy (non-hydrogen) atoms. The van der Waals surface area contributed by atoms with Crippen LogP contribution in [0.25, 0.3) is 0 Å². The summed E-state index contributed by atoms with van der Waals surface area (Å²) in [7, 11) is 2.74. The Morgan fingerprint density at radius 2 is 1.19 bits per heavy atom. The van der Waals surface area contributed by atoms with Gasteiger partial charge < -0.3 is 31.6 Å². The van der Waals surface area contributed by atoms with E-state index in [0.717, 1.165) is 22.0 Å². The Balaban J connectivity index is -0.000000275. The van der Waals surface area contributed by atoms with Gasteiger partial charge in [0.2, 0.25) is 0 Å². The Kier molecular flexibility index (Phi) is 30.0. The Morgan fingerprint density at radius 1 is 0.810 bits per heavy atom. The Labute approximate surface area is 297 Å². The van der Waals surface area contributed by atoms with Crippen molar-refractivity contribution in [2.45, 2.75) is 66.2 Å². The van der Waals surface area contributed by atoms with Crippen LogP contribution in [-0.4, -0.2) is 66.6 Å². The van der Waals surface area contributed by atoms with Gasteiger partial charge in [-0.1, -0.05) is 65.3 Å². The number of halogens is 4. The number of carbonyl (C=O) groups excluding carboxylic acids is 3. The average Bonchev–Trinajstić information content (AvgIpc) is 2.94. The van der Waals surface area contributed by atoms with Gasteiger partial charge in [0.25, 0.3) is 0 Å². The molecule has 6 nitrogen and oxygen atoms in total. The van der Waals surface area contributed by atoms with Crippen molar-refractivity contribution in [1.82, 2.24) is 0 Å². The minimum Gasteiger partial charge on any atom is -1.00 e. The third kappa shape index (κ3) is 18.5. The Morgan fingerprint density at radius 3 is 1.48 bits per heavy atom.